The van der Waals surface area contributed by atoms with E-state index in [1.807, 2.05) is 29.2 Å². The maximum Gasteiger partial charge on any atom is 0.277 e. The fraction of sp³-hybridized carbons (Fsp3) is 0.471. The molecule has 1 fully saturated rings. The van der Waals surface area contributed by atoms with Crippen LogP contribution in [-0.4, -0.2) is 46.5 Å². The molecule has 0 radical (unpaired) electrons. The van der Waals surface area contributed by atoms with Crippen LogP contribution in [0, 0.1) is 0 Å². The zero-order valence-electron chi connectivity index (χ0n) is 13.9. The summed E-state index contributed by atoms with van der Waals surface area (Å²) in [5.41, 5.74) is 0.796. The van der Waals surface area contributed by atoms with Crippen molar-refractivity contribution in [3.8, 4) is 17.2 Å². The van der Waals surface area contributed by atoms with Crippen molar-refractivity contribution in [3.63, 3.8) is 0 Å². The van der Waals surface area contributed by atoms with Gasteiger partial charge < -0.3 is 14.1 Å². The Morgan fingerprint density at radius 1 is 1.42 bits per heavy atom. The van der Waals surface area contributed by atoms with E-state index >= 15 is 0 Å². The van der Waals surface area contributed by atoms with Gasteiger partial charge in [-0.2, -0.15) is 0 Å². The number of carbonyl (C=O) groups is 1. The fourth-order valence-electron chi connectivity index (χ4n) is 2.82. The summed E-state index contributed by atoms with van der Waals surface area (Å²) >= 11 is 1.29. The molecule has 2 aromatic rings. The monoisotopic (exact) mass is 347 g/mol. The van der Waals surface area contributed by atoms with Crippen LogP contribution in [-0.2, 0) is 4.79 Å². The van der Waals surface area contributed by atoms with Gasteiger partial charge in [0.1, 0.15) is 5.75 Å². The van der Waals surface area contributed by atoms with Gasteiger partial charge >= 0.3 is 0 Å². The Kier molecular flexibility index (Phi) is 5.40. The van der Waals surface area contributed by atoms with Crippen molar-refractivity contribution in [2.45, 2.75) is 37.5 Å². The first-order valence-electron chi connectivity index (χ1n) is 8.07. The number of likely N-dealkylation sites (tertiary alicyclic amines) is 1. The second kappa shape index (κ2) is 7.70. The summed E-state index contributed by atoms with van der Waals surface area (Å²) in [6.45, 7) is 2.95. The molecule has 1 aliphatic rings. The lowest BCUT2D eigenvalue weighted by Crippen LogP contribution is -2.42. The molecule has 0 saturated carbocycles. The predicted molar refractivity (Wildman–Crippen MR) is 92.0 cm³/mol. The molecule has 128 valence electrons. The lowest BCUT2D eigenvalue weighted by molar-refractivity contribution is -0.131. The average Bonchev–Trinajstić information content (AvgIpc) is 3.09. The lowest BCUT2D eigenvalue weighted by atomic mass is 10.0. The molecule has 0 N–H and O–H groups in total. The van der Waals surface area contributed by atoms with Gasteiger partial charge in [-0.3, -0.25) is 4.79 Å². The number of benzene rings is 1. The summed E-state index contributed by atoms with van der Waals surface area (Å²) in [6.07, 6.45) is 3.36. The van der Waals surface area contributed by atoms with E-state index in [4.69, 9.17) is 9.15 Å². The van der Waals surface area contributed by atoms with E-state index in [2.05, 4.69) is 17.1 Å². The Balaban J connectivity index is 1.60. The van der Waals surface area contributed by atoms with Crippen molar-refractivity contribution in [2.75, 3.05) is 19.4 Å². The molecule has 0 aliphatic carbocycles. The minimum Gasteiger partial charge on any atom is -0.497 e. The molecule has 0 spiro atoms. The number of aromatic nitrogens is 2. The Bertz CT molecular complexity index is 704. The molecule has 2 heterocycles. The molecule has 7 heteroatoms. The maximum atomic E-state index is 12.3. The van der Waals surface area contributed by atoms with Crippen LogP contribution in [0.2, 0.25) is 0 Å². The van der Waals surface area contributed by atoms with E-state index < -0.39 is 0 Å². The van der Waals surface area contributed by atoms with Crippen molar-refractivity contribution < 1.29 is 13.9 Å². The highest BCUT2D eigenvalue weighted by Crippen LogP contribution is 2.26. The normalized spacial score (nSPS) is 17.8. The van der Waals surface area contributed by atoms with Crippen LogP contribution in [0.1, 0.15) is 26.2 Å². The van der Waals surface area contributed by atoms with E-state index in [1.165, 1.54) is 18.2 Å². The fourth-order valence-corrected chi connectivity index (χ4v) is 3.47. The lowest BCUT2D eigenvalue weighted by Gasteiger charge is -2.33. The van der Waals surface area contributed by atoms with Gasteiger partial charge in [-0.05, 0) is 44.4 Å². The molecule has 0 bridgehead atoms. The van der Waals surface area contributed by atoms with Crippen molar-refractivity contribution in [2.24, 2.45) is 0 Å². The van der Waals surface area contributed by atoms with E-state index in [0.717, 1.165) is 30.7 Å². The number of nitrogens with zero attached hydrogens (tertiary/aromatic N) is 3. The van der Waals surface area contributed by atoms with Crippen LogP contribution in [0.5, 0.6) is 5.75 Å². The summed E-state index contributed by atoms with van der Waals surface area (Å²) in [5.74, 6) is 1.61. The van der Waals surface area contributed by atoms with Crippen molar-refractivity contribution >= 4 is 17.7 Å². The van der Waals surface area contributed by atoms with Crippen LogP contribution < -0.4 is 4.74 Å². The number of thioether (sulfide) groups is 1. The SMILES string of the molecule is COc1cccc(-c2nnc(SCC(=O)N3CCCC[C@H]3C)o2)c1. The Morgan fingerprint density at radius 2 is 2.29 bits per heavy atom. The van der Waals surface area contributed by atoms with E-state index in [1.54, 1.807) is 7.11 Å². The first kappa shape index (κ1) is 16.8. The molecule has 24 heavy (non-hydrogen) atoms. The van der Waals surface area contributed by atoms with E-state index in [0.29, 0.717) is 22.9 Å². The van der Waals surface area contributed by atoms with Gasteiger partial charge in [0.15, 0.2) is 0 Å². The third-order valence-corrected chi connectivity index (χ3v) is 4.97. The van der Waals surface area contributed by atoms with Crippen LogP contribution in [0.15, 0.2) is 33.9 Å². The van der Waals surface area contributed by atoms with Gasteiger partial charge in [0.25, 0.3) is 5.22 Å². The summed E-state index contributed by atoms with van der Waals surface area (Å²) in [6, 6.07) is 7.76. The Morgan fingerprint density at radius 3 is 3.08 bits per heavy atom. The highest BCUT2D eigenvalue weighted by atomic mass is 32.2. The Labute approximate surface area is 145 Å². The van der Waals surface area contributed by atoms with Crippen LogP contribution in [0.3, 0.4) is 0 Å². The molecule has 3 rings (SSSR count). The van der Waals surface area contributed by atoms with E-state index in [-0.39, 0.29) is 5.91 Å². The number of hydrogen-bond donors (Lipinski definition) is 0. The second-order valence-electron chi connectivity index (χ2n) is 5.83. The van der Waals surface area contributed by atoms with Crippen molar-refractivity contribution in [1.29, 1.82) is 0 Å². The third kappa shape index (κ3) is 3.90. The highest BCUT2D eigenvalue weighted by Gasteiger charge is 2.23. The molecule has 1 aliphatic heterocycles. The number of ether oxygens (including phenoxy) is 1. The van der Waals surface area contributed by atoms with Gasteiger partial charge in [0, 0.05) is 18.2 Å². The maximum absolute atomic E-state index is 12.3. The predicted octanol–water partition coefficient (Wildman–Crippen LogP) is 3.24. The van der Waals surface area contributed by atoms with Gasteiger partial charge in [-0.15, -0.1) is 10.2 Å². The van der Waals surface area contributed by atoms with Crippen molar-refractivity contribution in [3.05, 3.63) is 24.3 Å². The quantitative estimate of drug-likeness (QED) is 0.774. The van der Waals surface area contributed by atoms with Crippen molar-refractivity contribution in [1.82, 2.24) is 15.1 Å². The molecule has 1 aromatic heterocycles. The molecule has 1 amide bonds. The minimum absolute atomic E-state index is 0.133. The topological polar surface area (TPSA) is 68.5 Å². The molecule has 1 aromatic carbocycles. The summed E-state index contributed by atoms with van der Waals surface area (Å²) < 4.78 is 10.8. The molecule has 1 atom stereocenters. The summed E-state index contributed by atoms with van der Waals surface area (Å²) in [4.78, 5) is 14.3. The molecule has 0 unspecified atom stereocenters. The first-order chi connectivity index (χ1) is 11.7. The Hall–Kier alpha value is -2.02. The minimum atomic E-state index is 0.133. The largest absolute Gasteiger partial charge is 0.497 e. The van der Waals surface area contributed by atoms with Gasteiger partial charge in [-0.1, -0.05) is 17.8 Å². The molecular weight excluding hydrogens is 326 g/mol. The highest BCUT2D eigenvalue weighted by molar-refractivity contribution is 7.99. The molecule has 1 saturated heterocycles. The van der Waals surface area contributed by atoms with Crippen LogP contribution >= 0.6 is 11.8 Å². The van der Waals surface area contributed by atoms with Crippen LogP contribution in [0.4, 0.5) is 0 Å². The average molecular weight is 347 g/mol. The van der Waals surface area contributed by atoms with Gasteiger partial charge in [0.2, 0.25) is 11.8 Å². The molecule has 6 nitrogen and oxygen atoms in total. The smallest absolute Gasteiger partial charge is 0.277 e. The number of carbonyl (C=O) groups excluding carboxylic acids is 1. The zero-order chi connectivity index (χ0) is 16.9. The summed E-state index contributed by atoms with van der Waals surface area (Å²) in [7, 11) is 1.61. The van der Waals surface area contributed by atoms with Crippen LogP contribution in [0.25, 0.3) is 11.5 Å². The zero-order valence-corrected chi connectivity index (χ0v) is 14.7. The van der Waals surface area contributed by atoms with Gasteiger partial charge in [0.05, 0.1) is 12.9 Å². The number of piperidine rings is 1. The number of methoxy groups -OCH3 is 1. The number of amides is 1. The summed E-state index contributed by atoms with van der Waals surface area (Å²) in [5, 5.41) is 8.48. The van der Waals surface area contributed by atoms with Gasteiger partial charge in [-0.25, -0.2) is 0 Å². The number of hydrogen-bond acceptors (Lipinski definition) is 6. The second-order valence-corrected chi connectivity index (χ2v) is 6.75. The van der Waals surface area contributed by atoms with E-state index in [9.17, 15) is 4.79 Å². The number of rotatable bonds is 5. The standard InChI is InChI=1S/C17H21N3O3S/c1-12-6-3-4-9-20(12)15(21)11-24-17-19-18-16(23-17)13-7-5-8-14(10-13)22-2/h5,7-8,10,12H,3-4,6,9,11H2,1-2H3/t12-/m1/s1. The third-order valence-electron chi connectivity index (χ3n) is 4.17. The first-order valence-corrected chi connectivity index (χ1v) is 9.06. The molecular formula is C17H21N3O3S.